The minimum absolute atomic E-state index is 0.193. The quantitative estimate of drug-likeness (QED) is 0.853. The lowest BCUT2D eigenvalue weighted by atomic mass is 10.1. The Labute approximate surface area is 111 Å². The molecular weight excluding hydrogens is 252 g/mol. The maximum Gasteiger partial charge on any atom is 0.302 e. The van der Waals surface area contributed by atoms with Crippen molar-refractivity contribution >= 4 is 5.97 Å². The average Bonchev–Trinajstić information content (AvgIpc) is 2.63. The van der Waals surface area contributed by atoms with E-state index in [4.69, 9.17) is 4.74 Å². The van der Waals surface area contributed by atoms with Crippen LogP contribution < -0.4 is 5.32 Å². The van der Waals surface area contributed by atoms with Gasteiger partial charge in [-0.1, -0.05) is 30.3 Å². The standard InChI is InChI=1S/C14H17F2NO2/c1-10(18)19-12-7-8-14(15,16)13(12)17-9-11-5-3-2-4-6-11/h2-6,12-13,17H,7-9H2,1H3/t12-,13+/m0/s1. The molecular formula is C14H17F2NO2. The number of rotatable bonds is 4. The first-order valence-electron chi connectivity index (χ1n) is 6.31. The topological polar surface area (TPSA) is 38.3 Å². The van der Waals surface area contributed by atoms with Gasteiger partial charge in [0.05, 0.1) is 0 Å². The van der Waals surface area contributed by atoms with Gasteiger partial charge < -0.3 is 10.1 Å². The largest absolute Gasteiger partial charge is 0.461 e. The molecule has 1 aliphatic rings. The lowest BCUT2D eigenvalue weighted by molar-refractivity contribution is -0.149. The van der Waals surface area contributed by atoms with Crippen LogP contribution in [-0.4, -0.2) is 24.0 Å². The molecule has 2 rings (SSSR count). The van der Waals surface area contributed by atoms with Crippen molar-refractivity contribution in [1.82, 2.24) is 5.32 Å². The van der Waals surface area contributed by atoms with Crippen LogP contribution in [0.4, 0.5) is 8.78 Å². The molecule has 0 amide bonds. The number of hydrogen-bond acceptors (Lipinski definition) is 3. The third-order valence-electron chi connectivity index (χ3n) is 3.28. The van der Waals surface area contributed by atoms with Gasteiger partial charge in [-0.2, -0.15) is 0 Å². The zero-order valence-electron chi connectivity index (χ0n) is 10.7. The summed E-state index contributed by atoms with van der Waals surface area (Å²) < 4.78 is 32.5. The fraction of sp³-hybridized carbons (Fsp3) is 0.500. The summed E-state index contributed by atoms with van der Waals surface area (Å²) in [6, 6.07) is 8.19. The Kier molecular flexibility index (Phi) is 4.14. The monoisotopic (exact) mass is 269 g/mol. The first kappa shape index (κ1) is 13.9. The van der Waals surface area contributed by atoms with Gasteiger partial charge in [0.2, 0.25) is 0 Å². The van der Waals surface area contributed by atoms with Gasteiger partial charge in [0.25, 0.3) is 5.92 Å². The average molecular weight is 269 g/mol. The summed E-state index contributed by atoms with van der Waals surface area (Å²) in [6.45, 7) is 1.57. The third kappa shape index (κ3) is 3.50. The second-order valence-corrected chi connectivity index (χ2v) is 4.79. The van der Waals surface area contributed by atoms with E-state index in [-0.39, 0.29) is 12.8 Å². The number of carbonyl (C=O) groups excluding carboxylic acids is 1. The first-order valence-corrected chi connectivity index (χ1v) is 6.31. The van der Waals surface area contributed by atoms with E-state index < -0.39 is 24.0 Å². The minimum Gasteiger partial charge on any atom is -0.461 e. The molecule has 0 radical (unpaired) electrons. The molecule has 0 unspecified atom stereocenters. The van der Waals surface area contributed by atoms with Crippen LogP contribution in [-0.2, 0) is 16.1 Å². The summed E-state index contributed by atoms with van der Waals surface area (Å²) in [5.74, 6) is -3.36. The Bertz CT molecular complexity index is 436. The van der Waals surface area contributed by atoms with Crippen LogP contribution in [0.3, 0.4) is 0 Å². The Hall–Kier alpha value is -1.49. The van der Waals surface area contributed by atoms with Crippen LogP contribution in [0.2, 0.25) is 0 Å². The fourth-order valence-corrected chi connectivity index (χ4v) is 2.37. The predicted octanol–water partition coefficient (Wildman–Crippen LogP) is 2.51. The zero-order valence-corrected chi connectivity index (χ0v) is 10.7. The Morgan fingerprint density at radius 3 is 2.74 bits per heavy atom. The molecule has 3 nitrogen and oxygen atoms in total. The molecule has 0 aliphatic heterocycles. The lowest BCUT2D eigenvalue weighted by Gasteiger charge is -2.25. The van der Waals surface area contributed by atoms with E-state index in [9.17, 15) is 13.6 Å². The highest BCUT2D eigenvalue weighted by Gasteiger charge is 2.51. The van der Waals surface area contributed by atoms with Gasteiger partial charge in [-0.25, -0.2) is 8.78 Å². The normalized spacial score (nSPS) is 25.2. The Morgan fingerprint density at radius 2 is 2.11 bits per heavy atom. The summed E-state index contributed by atoms with van der Waals surface area (Å²) in [5.41, 5.74) is 0.923. The highest BCUT2D eigenvalue weighted by atomic mass is 19.3. The SMILES string of the molecule is CC(=O)O[C@H]1CCC(F)(F)[C@@H]1NCc1ccccc1. The molecule has 0 spiro atoms. The van der Waals surface area contributed by atoms with Gasteiger partial charge >= 0.3 is 5.97 Å². The smallest absolute Gasteiger partial charge is 0.302 e. The van der Waals surface area contributed by atoms with Crippen molar-refractivity contribution in [3.8, 4) is 0 Å². The second-order valence-electron chi connectivity index (χ2n) is 4.79. The number of esters is 1. The number of benzene rings is 1. The van der Waals surface area contributed by atoms with Gasteiger partial charge in [0, 0.05) is 19.9 Å². The Morgan fingerprint density at radius 1 is 1.42 bits per heavy atom. The van der Waals surface area contributed by atoms with E-state index in [1.54, 1.807) is 0 Å². The third-order valence-corrected chi connectivity index (χ3v) is 3.28. The summed E-state index contributed by atoms with van der Waals surface area (Å²) in [5, 5.41) is 2.82. The van der Waals surface area contributed by atoms with Crippen LogP contribution in [0.1, 0.15) is 25.3 Å². The van der Waals surface area contributed by atoms with Gasteiger partial charge in [-0.05, 0) is 12.0 Å². The molecule has 1 saturated carbocycles. The Balaban J connectivity index is 2.00. The molecule has 1 aromatic carbocycles. The van der Waals surface area contributed by atoms with E-state index >= 15 is 0 Å². The number of hydrogen-bond donors (Lipinski definition) is 1. The zero-order chi connectivity index (χ0) is 13.9. The maximum atomic E-state index is 13.8. The first-order chi connectivity index (χ1) is 8.99. The van der Waals surface area contributed by atoms with Crippen molar-refractivity contribution in [2.24, 2.45) is 0 Å². The molecule has 104 valence electrons. The predicted molar refractivity (Wildman–Crippen MR) is 66.8 cm³/mol. The number of ether oxygens (including phenoxy) is 1. The van der Waals surface area contributed by atoms with E-state index in [0.717, 1.165) is 5.56 Å². The molecule has 5 heteroatoms. The summed E-state index contributed by atoms with van der Waals surface area (Å²) in [4.78, 5) is 10.9. The summed E-state index contributed by atoms with van der Waals surface area (Å²) in [7, 11) is 0. The van der Waals surface area contributed by atoms with E-state index in [0.29, 0.717) is 6.54 Å². The van der Waals surface area contributed by atoms with Crippen molar-refractivity contribution in [3.05, 3.63) is 35.9 Å². The van der Waals surface area contributed by atoms with Crippen LogP contribution in [0, 0.1) is 0 Å². The molecule has 0 bridgehead atoms. The van der Waals surface area contributed by atoms with E-state index in [1.807, 2.05) is 30.3 Å². The van der Waals surface area contributed by atoms with Gasteiger partial charge in [0.15, 0.2) is 0 Å². The van der Waals surface area contributed by atoms with Crippen LogP contribution in [0.25, 0.3) is 0 Å². The van der Waals surface area contributed by atoms with E-state index in [2.05, 4.69) is 5.32 Å². The van der Waals surface area contributed by atoms with E-state index in [1.165, 1.54) is 6.92 Å². The van der Waals surface area contributed by atoms with Gasteiger partial charge in [-0.3, -0.25) is 4.79 Å². The molecule has 1 aromatic rings. The highest BCUT2D eigenvalue weighted by molar-refractivity contribution is 5.66. The highest BCUT2D eigenvalue weighted by Crippen LogP contribution is 2.37. The van der Waals surface area contributed by atoms with Gasteiger partial charge in [0.1, 0.15) is 12.1 Å². The van der Waals surface area contributed by atoms with Gasteiger partial charge in [-0.15, -0.1) is 0 Å². The van der Waals surface area contributed by atoms with Crippen LogP contribution in [0.15, 0.2) is 30.3 Å². The summed E-state index contributed by atoms with van der Waals surface area (Å²) >= 11 is 0. The molecule has 19 heavy (non-hydrogen) atoms. The number of alkyl halides is 2. The van der Waals surface area contributed by atoms with Crippen molar-refractivity contribution in [2.45, 2.75) is 44.4 Å². The summed E-state index contributed by atoms with van der Waals surface area (Å²) in [6.07, 6.45) is -0.813. The maximum absolute atomic E-state index is 13.8. The number of carbonyl (C=O) groups is 1. The minimum atomic E-state index is -2.84. The molecule has 0 aromatic heterocycles. The molecule has 0 saturated heterocycles. The number of nitrogens with one attached hydrogen (secondary N) is 1. The molecule has 0 heterocycles. The van der Waals surface area contributed by atoms with Crippen molar-refractivity contribution in [1.29, 1.82) is 0 Å². The van der Waals surface area contributed by atoms with Crippen molar-refractivity contribution in [2.75, 3.05) is 0 Å². The van der Waals surface area contributed by atoms with Crippen molar-refractivity contribution in [3.63, 3.8) is 0 Å². The second kappa shape index (κ2) is 5.65. The van der Waals surface area contributed by atoms with Crippen molar-refractivity contribution < 1.29 is 18.3 Å². The molecule has 1 N–H and O–H groups in total. The lowest BCUT2D eigenvalue weighted by Crippen LogP contribution is -2.47. The number of halogens is 2. The molecule has 1 aliphatic carbocycles. The molecule has 2 atom stereocenters. The molecule has 1 fully saturated rings. The van der Waals surface area contributed by atoms with Crippen LogP contribution in [0.5, 0.6) is 0 Å². The fourth-order valence-electron chi connectivity index (χ4n) is 2.37. The van der Waals surface area contributed by atoms with Crippen LogP contribution >= 0.6 is 0 Å².